The van der Waals surface area contributed by atoms with Gasteiger partial charge in [-0.2, -0.15) is 0 Å². The smallest absolute Gasteiger partial charge is 0.274 e. The lowest BCUT2D eigenvalue weighted by Gasteiger charge is -2.08. The lowest BCUT2D eigenvalue weighted by Crippen LogP contribution is -2.17. The Labute approximate surface area is 166 Å². The van der Waals surface area contributed by atoms with E-state index in [-0.39, 0.29) is 22.9 Å². The minimum atomic E-state index is -0.465. The first kappa shape index (κ1) is 19.3. The highest BCUT2D eigenvalue weighted by molar-refractivity contribution is 6.31. The van der Waals surface area contributed by atoms with Crippen LogP contribution in [0.4, 0.5) is 11.4 Å². The van der Waals surface area contributed by atoms with E-state index in [0.717, 1.165) is 0 Å². The zero-order valence-electron chi connectivity index (χ0n) is 14.9. The monoisotopic (exact) mass is 393 g/mol. The third-order valence-corrected chi connectivity index (χ3v) is 4.12. The van der Waals surface area contributed by atoms with Gasteiger partial charge in [-0.1, -0.05) is 17.7 Å². The molecule has 0 unspecified atom stereocenters. The van der Waals surface area contributed by atoms with Crippen LogP contribution < -0.4 is 10.6 Å². The SMILES string of the molecule is CC(=O)c1ccc(NC(=O)c2cc(C(=O)Nc3cccc(Cl)c3)ccn2)cc1. The van der Waals surface area contributed by atoms with Crippen LogP contribution in [0.3, 0.4) is 0 Å². The molecule has 140 valence electrons. The summed E-state index contributed by atoms with van der Waals surface area (Å²) in [6.07, 6.45) is 1.39. The van der Waals surface area contributed by atoms with Gasteiger partial charge in [-0.05, 0) is 61.5 Å². The fraction of sp³-hybridized carbons (Fsp3) is 0.0476. The predicted octanol–water partition coefficient (Wildman–Crippen LogP) is 4.44. The van der Waals surface area contributed by atoms with Gasteiger partial charge in [-0.15, -0.1) is 0 Å². The van der Waals surface area contributed by atoms with Crippen LogP contribution in [0, 0.1) is 0 Å². The molecule has 0 bridgehead atoms. The second kappa shape index (κ2) is 8.45. The number of hydrogen-bond acceptors (Lipinski definition) is 4. The Bertz CT molecular complexity index is 1050. The molecule has 0 saturated heterocycles. The predicted molar refractivity (Wildman–Crippen MR) is 108 cm³/mol. The number of anilines is 2. The van der Waals surface area contributed by atoms with Gasteiger partial charge in [0.05, 0.1) is 0 Å². The van der Waals surface area contributed by atoms with Gasteiger partial charge < -0.3 is 10.6 Å². The Hall–Kier alpha value is -3.51. The number of nitrogens with one attached hydrogen (secondary N) is 2. The first-order valence-corrected chi connectivity index (χ1v) is 8.75. The van der Waals surface area contributed by atoms with E-state index < -0.39 is 5.91 Å². The van der Waals surface area contributed by atoms with Gasteiger partial charge in [-0.25, -0.2) is 0 Å². The minimum Gasteiger partial charge on any atom is -0.322 e. The zero-order chi connectivity index (χ0) is 20.1. The summed E-state index contributed by atoms with van der Waals surface area (Å²) in [7, 11) is 0. The van der Waals surface area contributed by atoms with Crippen molar-refractivity contribution in [3.05, 3.63) is 88.7 Å². The van der Waals surface area contributed by atoms with Gasteiger partial charge in [-0.3, -0.25) is 19.4 Å². The maximum Gasteiger partial charge on any atom is 0.274 e. The van der Waals surface area contributed by atoms with Crippen LogP contribution in [0.1, 0.15) is 38.1 Å². The highest BCUT2D eigenvalue weighted by Crippen LogP contribution is 2.16. The summed E-state index contributed by atoms with van der Waals surface area (Å²) in [5, 5.41) is 5.91. The van der Waals surface area contributed by atoms with Gasteiger partial charge in [0.1, 0.15) is 5.69 Å². The van der Waals surface area contributed by atoms with Crippen molar-refractivity contribution in [3.8, 4) is 0 Å². The van der Waals surface area contributed by atoms with Crippen LogP contribution in [0.15, 0.2) is 66.9 Å². The number of carbonyl (C=O) groups excluding carboxylic acids is 3. The number of Topliss-reactive ketones (excluding diaryl/α,β-unsaturated/α-hetero) is 1. The Balaban J connectivity index is 1.72. The maximum atomic E-state index is 12.4. The number of hydrogen-bond donors (Lipinski definition) is 2. The molecule has 2 N–H and O–H groups in total. The van der Waals surface area contributed by atoms with Gasteiger partial charge >= 0.3 is 0 Å². The van der Waals surface area contributed by atoms with E-state index >= 15 is 0 Å². The van der Waals surface area contributed by atoms with E-state index in [2.05, 4.69) is 15.6 Å². The normalized spacial score (nSPS) is 10.2. The molecule has 0 radical (unpaired) electrons. The topological polar surface area (TPSA) is 88.2 Å². The minimum absolute atomic E-state index is 0.0574. The molecule has 28 heavy (non-hydrogen) atoms. The number of ketones is 1. The van der Waals surface area contributed by atoms with E-state index in [1.165, 1.54) is 25.3 Å². The summed E-state index contributed by atoms with van der Waals surface area (Å²) in [5.74, 6) is -0.907. The van der Waals surface area contributed by atoms with Crippen LogP contribution in [0.2, 0.25) is 5.02 Å². The average molecular weight is 394 g/mol. The molecule has 6 nitrogen and oxygen atoms in total. The highest BCUT2D eigenvalue weighted by Gasteiger charge is 2.13. The first-order valence-electron chi connectivity index (χ1n) is 8.38. The van der Waals surface area contributed by atoms with Crippen LogP contribution in [-0.4, -0.2) is 22.6 Å². The molecule has 0 aliphatic rings. The molecular formula is C21H16ClN3O3. The van der Waals surface area contributed by atoms with Crippen molar-refractivity contribution in [2.75, 3.05) is 10.6 Å². The van der Waals surface area contributed by atoms with E-state index in [4.69, 9.17) is 11.6 Å². The number of amides is 2. The number of carbonyl (C=O) groups is 3. The van der Waals surface area contributed by atoms with Crippen molar-refractivity contribution in [2.24, 2.45) is 0 Å². The molecule has 0 atom stereocenters. The quantitative estimate of drug-likeness (QED) is 0.627. The van der Waals surface area contributed by atoms with Crippen LogP contribution in [-0.2, 0) is 0 Å². The largest absolute Gasteiger partial charge is 0.322 e. The van der Waals surface area contributed by atoms with Crippen LogP contribution >= 0.6 is 11.6 Å². The van der Waals surface area contributed by atoms with Crippen molar-refractivity contribution in [2.45, 2.75) is 6.92 Å². The summed E-state index contributed by atoms with van der Waals surface area (Å²) >= 11 is 5.91. The van der Waals surface area contributed by atoms with Gasteiger partial charge in [0.2, 0.25) is 0 Å². The third-order valence-electron chi connectivity index (χ3n) is 3.89. The van der Waals surface area contributed by atoms with E-state index in [1.807, 2.05) is 0 Å². The van der Waals surface area contributed by atoms with Crippen molar-refractivity contribution < 1.29 is 14.4 Å². The lowest BCUT2D eigenvalue weighted by molar-refractivity contribution is 0.101. The molecule has 2 amide bonds. The van der Waals surface area contributed by atoms with E-state index in [1.54, 1.807) is 48.5 Å². The summed E-state index contributed by atoms with van der Waals surface area (Å²) in [6, 6.07) is 16.2. The molecule has 0 fully saturated rings. The summed E-state index contributed by atoms with van der Waals surface area (Å²) in [6.45, 7) is 1.47. The molecule has 2 aromatic carbocycles. The number of halogens is 1. The number of benzene rings is 2. The lowest BCUT2D eigenvalue weighted by atomic mass is 10.1. The molecule has 3 aromatic rings. The fourth-order valence-corrected chi connectivity index (χ4v) is 2.64. The average Bonchev–Trinajstić information content (AvgIpc) is 2.68. The van der Waals surface area contributed by atoms with Crippen LogP contribution in [0.5, 0.6) is 0 Å². The number of nitrogens with zero attached hydrogens (tertiary/aromatic N) is 1. The second-order valence-electron chi connectivity index (χ2n) is 5.98. The number of pyridine rings is 1. The molecule has 1 aromatic heterocycles. The van der Waals surface area contributed by atoms with Crippen molar-refractivity contribution in [1.29, 1.82) is 0 Å². The molecule has 3 rings (SSSR count). The molecule has 0 aliphatic carbocycles. The molecule has 7 heteroatoms. The van der Waals surface area contributed by atoms with Gasteiger partial charge in [0.25, 0.3) is 11.8 Å². The van der Waals surface area contributed by atoms with Crippen molar-refractivity contribution in [1.82, 2.24) is 4.98 Å². The molecule has 0 spiro atoms. The molecular weight excluding hydrogens is 378 g/mol. The Morgan fingerprint density at radius 1 is 0.821 bits per heavy atom. The first-order chi connectivity index (χ1) is 13.4. The Morgan fingerprint density at radius 3 is 2.21 bits per heavy atom. The second-order valence-corrected chi connectivity index (χ2v) is 6.42. The summed E-state index contributed by atoms with van der Waals surface area (Å²) in [5.41, 5.74) is 1.99. The molecule has 0 saturated carbocycles. The van der Waals surface area contributed by atoms with E-state index in [0.29, 0.717) is 22.0 Å². The Morgan fingerprint density at radius 2 is 1.54 bits per heavy atom. The Kier molecular flexibility index (Phi) is 5.81. The zero-order valence-corrected chi connectivity index (χ0v) is 15.7. The third kappa shape index (κ3) is 4.81. The molecule has 1 heterocycles. The summed E-state index contributed by atoms with van der Waals surface area (Å²) in [4.78, 5) is 40.2. The van der Waals surface area contributed by atoms with E-state index in [9.17, 15) is 14.4 Å². The standard InChI is InChI=1S/C21H16ClN3O3/c1-13(26)14-5-7-17(8-6-14)24-21(28)19-11-15(9-10-23-19)20(27)25-18-4-2-3-16(22)12-18/h2-12H,1H3,(H,24,28)(H,25,27). The van der Waals surface area contributed by atoms with Gasteiger partial charge in [0.15, 0.2) is 5.78 Å². The van der Waals surface area contributed by atoms with Crippen molar-refractivity contribution in [3.63, 3.8) is 0 Å². The fourth-order valence-electron chi connectivity index (χ4n) is 2.45. The summed E-state index contributed by atoms with van der Waals surface area (Å²) < 4.78 is 0. The van der Waals surface area contributed by atoms with Crippen LogP contribution in [0.25, 0.3) is 0 Å². The van der Waals surface area contributed by atoms with Gasteiger partial charge in [0, 0.05) is 33.7 Å². The maximum absolute atomic E-state index is 12.4. The molecule has 0 aliphatic heterocycles. The highest BCUT2D eigenvalue weighted by atomic mass is 35.5. The number of rotatable bonds is 5. The number of aromatic nitrogens is 1. The van der Waals surface area contributed by atoms with Crippen molar-refractivity contribution >= 4 is 40.6 Å².